The van der Waals surface area contributed by atoms with Crippen LogP contribution in [0.3, 0.4) is 0 Å². The molecule has 3 aromatic carbocycles. The van der Waals surface area contributed by atoms with Gasteiger partial charge in [0.05, 0.1) is 18.8 Å². The first-order chi connectivity index (χ1) is 19.0. The molecular weight excluding hydrogens is 525 g/mol. The average Bonchev–Trinajstić information content (AvgIpc) is 2.91. The molecule has 40 heavy (non-hydrogen) atoms. The van der Waals surface area contributed by atoms with Crippen LogP contribution >= 0.6 is 0 Å². The zero-order chi connectivity index (χ0) is 29.2. The summed E-state index contributed by atoms with van der Waals surface area (Å²) in [5.74, 6) is 2.22. The molecule has 0 saturated carbocycles. The summed E-state index contributed by atoms with van der Waals surface area (Å²) in [7, 11) is 0. The highest BCUT2D eigenvalue weighted by Crippen LogP contribution is 2.32. The Labute approximate surface area is 233 Å². The lowest BCUT2D eigenvalue weighted by molar-refractivity contribution is -0.158. The molecule has 6 nitrogen and oxygen atoms in total. The van der Waals surface area contributed by atoms with Gasteiger partial charge >= 0.3 is 12.1 Å². The number of hydrogen-bond donors (Lipinski definition) is 0. The summed E-state index contributed by atoms with van der Waals surface area (Å²) in [5, 5.41) is 0. The van der Waals surface area contributed by atoms with Gasteiger partial charge in [0.15, 0.2) is 5.60 Å². The lowest BCUT2D eigenvalue weighted by Gasteiger charge is -2.24. The van der Waals surface area contributed by atoms with Gasteiger partial charge in [-0.25, -0.2) is 4.79 Å². The quantitative estimate of drug-likeness (QED) is 0.185. The monoisotopic (exact) mass is 560 g/mol. The maximum absolute atomic E-state index is 12.7. The summed E-state index contributed by atoms with van der Waals surface area (Å²) in [5.41, 5.74) is -1.83. The molecule has 9 heteroatoms. The van der Waals surface area contributed by atoms with Crippen LogP contribution in [-0.4, -0.2) is 30.9 Å². The molecule has 3 rings (SSSR count). The zero-order valence-corrected chi connectivity index (χ0v) is 23.1. The predicted molar refractivity (Wildman–Crippen MR) is 145 cm³/mol. The van der Waals surface area contributed by atoms with Crippen molar-refractivity contribution in [3.63, 3.8) is 0 Å². The van der Waals surface area contributed by atoms with Crippen molar-refractivity contribution in [2.24, 2.45) is 0 Å². The molecule has 0 spiro atoms. The number of benzene rings is 3. The van der Waals surface area contributed by atoms with E-state index >= 15 is 0 Å². The van der Waals surface area contributed by atoms with Gasteiger partial charge in [0.25, 0.3) is 0 Å². The summed E-state index contributed by atoms with van der Waals surface area (Å²) in [4.78, 5) is 12.0. The minimum atomic E-state index is -4.39. The number of carbonyl (C=O) groups is 1. The van der Waals surface area contributed by atoms with Crippen LogP contribution in [0.2, 0.25) is 0 Å². The van der Waals surface area contributed by atoms with Crippen molar-refractivity contribution in [2.45, 2.75) is 64.8 Å². The van der Waals surface area contributed by atoms with Crippen LogP contribution in [0.25, 0.3) is 0 Å². The molecule has 0 fully saturated rings. The normalized spacial score (nSPS) is 12.4. The smallest absolute Gasteiger partial charge is 0.416 e. The van der Waals surface area contributed by atoms with Crippen LogP contribution < -0.4 is 18.9 Å². The van der Waals surface area contributed by atoms with E-state index in [1.807, 2.05) is 0 Å². The fourth-order valence-electron chi connectivity index (χ4n) is 3.76. The van der Waals surface area contributed by atoms with E-state index < -0.39 is 23.3 Å². The Morgan fingerprint density at radius 2 is 1.27 bits per heavy atom. The van der Waals surface area contributed by atoms with Crippen LogP contribution in [0, 0.1) is 0 Å². The maximum atomic E-state index is 12.7. The van der Waals surface area contributed by atoms with Crippen molar-refractivity contribution in [1.82, 2.24) is 0 Å². The second kappa shape index (κ2) is 14.0. The molecule has 0 amide bonds. The van der Waals surface area contributed by atoms with Gasteiger partial charge in [0.2, 0.25) is 0 Å². The fourth-order valence-corrected chi connectivity index (χ4v) is 3.76. The summed E-state index contributed by atoms with van der Waals surface area (Å²) < 4.78 is 66.7. The van der Waals surface area contributed by atoms with Gasteiger partial charge in [-0.1, -0.05) is 13.3 Å². The van der Waals surface area contributed by atoms with E-state index in [0.29, 0.717) is 41.8 Å². The highest BCUT2D eigenvalue weighted by Gasteiger charge is 2.31. The van der Waals surface area contributed by atoms with Crippen LogP contribution in [-0.2, 0) is 15.7 Å². The van der Waals surface area contributed by atoms with Crippen LogP contribution in [0.15, 0.2) is 72.8 Å². The zero-order valence-electron chi connectivity index (χ0n) is 23.1. The van der Waals surface area contributed by atoms with E-state index in [1.54, 1.807) is 69.3 Å². The summed E-state index contributed by atoms with van der Waals surface area (Å²) in [6.07, 6.45) is -2.03. The molecule has 0 aliphatic rings. The van der Waals surface area contributed by atoms with Gasteiger partial charge in [-0.3, -0.25) is 0 Å². The van der Waals surface area contributed by atoms with Crippen molar-refractivity contribution in [2.75, 3.05) is 13.2 Å². The predicted octanol–water partition coefficient (Wildman–Crippen LogP) is 8.23. The maximum Gasteiger partial charge on any atom is 0.416 e. The minimum Gasteiger partial charge on any atom is -0.493 e. The van der Waals surface area contributed by atoms with Crippen LogP contribution in [0.5, 0.6) is 28.7 Å². The van der Waals surface area contributed by atoms with Crippen LogP contribution in [0.4, 0.5) is 13.2 Å². The molecule has 0 aliphatic heterocycles. The summed E-state index contributed by atoms with van der Waals surface area (Å²) in [6, 6.07) is 18.5. The number of halogens is 3. The third kappa shape index (κ3) is 9.39. The number of carbonyl (C=O) groups excluding carboxylic acids is 1. The standard InChI is InChI=1S/C31H35F3O6/c1-5-7-24(20-21-37-23-12-18-28(19-13-23)40-30(3,4)29(35)36-6-2)38-26-14-16-27(17-15-26)39-25-10-8-22(9-11-25)31(32,33)34/h8-19,24H,5-7,20-21H2,1-4H3/t24-/m0/s1. The molecule has 0 aromatic heterocycles. The molecular formula is C31H35F3O6. The SMILES string of the molecule is CCC[C@@H](CCOc1ccc(OC(C)(C)C(=O)OCC)cc1)Oc1ccc(Oc2ccc(C(F)(F)F)cc2)cc1. The van der Waals surface area contributed by atoms with Crippen molar-refractivity contribution in [3.8, 4) is 28.7 Å². The molecule has 0 unspecified atom stereocenters. The molecule has 216 valence electrons. The summed E-state index contributed by atoms with van der Waals surface area (Å²) in [6.45, 7) is 7.86. The molecule has 0 radical (unpaired) electrons. The van der Waals surface area contributed by atoms with Gasteiger partial charge in [0.1, 0.15) is 34.9 Å². The van der Waals surface area contributed by atoms with Gasteiger partial charge < -0.3 is 23.7 Å². The first kappa shape index (κ1) is 30.7. The number of ether oxygens (including phenoxy) is 5. The minimum absolute atomic E-state index is 0.0698. The highest BCUT2D eigenvalue weighted by molar-refractivity contribution is 5.79. The van der Waals surface area contributed by atoms with Gasteiger partial charge in [-0.15, -0.1) is 0 Å². The van der Waals surface area contributed by atoms with E-state index in [0.717, 1.165) is 25.0 Å². The molecule has 0 heterocycles. The van der Waals surface area contributed by atoms with E-state index in [2.05, 4.69) is 6.92 Å². The number of rotatable bonds is 14. The molecule has 0 saturated heterocycles. The average molecular weight is 561 g/mol. The van der Waals surface area contributed by atoms with E-state index in [1.165, 1.54) is 12.1 Å². The summed E-state index contributed by atoms with van der Waals surface area (Å²) >= 11 is 0. The Hall–Kier alpha value is -3.88. The topological polar surface area (TPSA) is 63.2 Å². The Kier molecular flexibility index (Phi) is 10.7. The van der Waals surface area contributed by atoms with Crippen molar-refractivity contribution in [3.05, 3.63) is 78.4 Å². The van der Waals surface area contributed by atoms with Gasteiger partial charge in [-0.05, 0) is 100.0 Å². The molecule has 3 aromatic rings. The molecule has 0 N–H and O–H groups in total. The number of alkyl halides is 3. The highest BCUT2D eigenvalue weighted by atomic mass is 19.4. The third-order valence-corrected chi connectivity index (χ3v) is 5.83. The molecule has 0 aliphatic carbocycles. The first-order valence-electron chi connectivity index (χ1n) is 13.2. The number of esters is 1. The Balaban J connectivity index is 1.48. The third-order valence-electron chi connectivity index (χ3n) is 5.83. The van der Waals surface area contributed by atoms with Gasteiger partial charge in [-0.2, -0.15) is 13.2 Å². The van der Waals surface area contributed by atoms with Crippen molar-refractivity contribution in [1.29, 1.82) is 0 Å². The lowest BCUT2D eigenvalue weighted by atomic mass is 10.1. The fraction of sp³-hybridized carbons (Fsp3) is 0.387. The van der Waals surface area contributed by atoms with Crippen molar-refractivity contribution >= 4 is 5.97 Å². The van der Waals surface area contributed by atoms with Crippen LogP contribution in [0.1, 0.15) is 52.5 Å². The van der Waals surface area contributed by atoms with E-state index in [4.69, 9.17) is 23.7 Å². The second-order valence-electron chi connectivity index (χ2n) is 9.57. The molecule has 0 bridgehead atoms. The van der Waals surface area contributed by atoms with Crippen molar-refractivity contribution < 1.29 is 41.7 Å². The second-order valence-corrected chi connectivity index (χ2v) is 9.57. The number of hydrogen-bond acceptors (Lipinski definition) is 6. The Morgan fingerprint density at radius 3 is 1.82 bits per heavy atom. The lowest BCUT2D eigenvalue weighted by Crippen LogP contribution is -2.39. The molecule has 1 atom stereocenters. The largest absolute Gasteiger partial charge is 0.493 e. The Morgan fingerprint density at radius 1 is 0.750 bits per heavy atom. The van der Waals surface area contributed by atoms with Gasteiger partial charge in [0, 0.05) is 6.42 Å². The first-order valence-corrected chi connectivity index (χ1v) is 13.2. The Bertz CT molecular complexity index is 1190. The van der Waals surface area contributed by atoms with E-state index in [9.17, 15) is 18.0 Å². The van der Waals surface area contributed by atoms with E-state index in [-0.39, 0.29) is 12.7 Å².